The molecule has 0 atom stereocenters. The maximum Gasteiger partial charge on any atom is 0.155 e. The highest BCUT2D eigenvalue weighted by atomic mass is 79.9. The first-order chi connectivity index (χ1) is 7.74. The van der Waals surface area contributed by atoms with Crippen LogP contribution in [0.4, 0.5) is 5.69 Å². The van der Waals surface area contributed by atoms with Crippen molar-refractivity contribution in [2.45, 2.75) is 0 Å². The minimum absolute atomic E-state index is 0.582. The summed E-state index contributed by atoms with van der Waals surface area (Å²) >= 11 is 3.42. The van der Waals surface area contributed by atoms with Crippen LogP contribution in [0.1, 0.15) is 0 Å². The molecule has 0 aliphatic heterocycles. The van der Waals surface area contributed by atoms with E-state index in [2.05, 4.69) is 26.1 Å². The Hall–Kier alpha value is -1.75. The van der Waals surface area contributed by atoms with E-state index in [1.54, 1.807) is 6.20 Å². The predicted molar refractivity (Wildman–Crippen MR) is 65.9 cm³/mol. The van der Waals surface area contributed by atoms with E-state index < -0.39 is 0 Å². The lowest BCUT2D eigenvalue weighted by Crippen LogP contribution is -1.84. The van der Waals surface area contributed by atoms with E-state index in [0.29, 0.717) is 17.1 Å². The zero-order chi connectivity index (χ0) is 11.1. The molecule has 4 nitrogen and oxygen atoms in total. The van der Waals surface area contributed by atoms with Crippen LogP contribution in [0.3, 0.4) is 0 Å². The van der Waals surface area contributed by atoms with Crippen LogP contribution in [0.5, 0.6) is 0 Å². The predicted octanol–water partition coefficient (Wildman–Crippen LogP) is 3.17. The Labute approximate surface area is 99.6 Å². The van der Waals surface area contributed by atoms with Gasteiger partial charge in [-0.05, 0) is 24.3 Å². The van der Waals surface area contributed by atoms with E-state index in [1.807, 2.05) is 24.3 Å². The summed E-state index contributed by atoms with van der Waals surface area (Å²) < 4.78 is 6.69. The highest BCUT2D eigenvalue weighted by Crippen LogP contribution is 2.30. The lowest BCUT2D eigenvalue weighted by Gasteiger charge is -1.91. The first-order valence-electron chi connectivity index (χ1n) is 4.72. The molecular weight excluding hydrogens is 270 g/mol. The van der Waals surface area contributed by atoms with Crippen LogP contribution >= 0.6 is 15.9 Å². The van der Waals surface area contributed by atoms with Gasteiger partial charge in [-0.3, -0.25) is 5.10 Å². The molecule has 2 heterocycles. The molecule has 0 aliphatic carbocycles. The SMILES string of the molecule is Nc1cn[nH]c1-c1cc2cc(Br)ccc2o1. The third-order valence-corrected chi connectivity index (χ3v) is 2.89. The van der Waals surface area contributed by atoms with Crippen LogP contribution in [-0.4, -0.2) is 10.2 Å². The van der Waals surface area contributed by atoms with E-state index in [-0.39, 0.29) is 0 Å². The van der Waals surface area contributed by atoms with Crippen molar-refractivity contribution in [3.05, 3.63) is 34.9 Å². The van der Waals surface area contributed by atoms with Gasteiger partial charge in [0.25, 0.3) is 0 Å². The van der Waals surface area contributed by atoms with Crippen LogP contribution in [0, 0.1) is 0 Å². The Morgan fingerprint density at radius 3 is 2.94 bits per heavy atom. The quantitative estimate of drug-likeness (QED) is 0.718. The molecule has 0 unspecified atom stereocenters. The second-order valence-electron chi connectivity index (χ2n) is 3.49. The van der Waals surface area contributed by atoms with E-state index in [4.69, 9.17) is 10.2 Å². The summed E-state index contributed by atoms with van der Waals surface area (Å²) in [7, 11) is 0. The van der Waals surface area contributed by atoms with Gasteiger partial charge in [-0.25, -0.2) is 0 Å². The molecule has 0 saturated heterocycles. The van der Waals surface area contributed by atoms with Crippen molar-refractivity contribution in [1.82, 2.24) is 10.2 Å². The largest absolute Gasteiger partial charge is 0.454 e. The zero-order valence-electron chi connectivity index (χ0n) is 8.20. The number of fused-ring (bicyclic) bond motifs is 1. The van der Waals surface area contributed by atoms with Crippen molar-refractivity contribution in [3.63, 3.8) is 0 Å². The van der Waals surface area contributed by atoms with Crippen molar-refractivity contribution in [1.29, 1.82) is 0 Å². The molecule has 3 N–H and O–H groups in total. The molecule has 80 valence electrons. The highest BCUT2D eigenvalue weighted by molar-refractivity contribution is 9.10. The normalized spacial score (nSPS) is 11.1. The monoisotopic (exact) mass is 277 g/mol. The zero-order valence-corrected chi connectivity index (χ0v) is 9.78. The summed E-state index contributed by atoms with van der Waals surface area (Å²) in [5.41, 5.74) is 7.88. The molecule has 3 rings (SSSR count). The van der Waals surface area contributed by atoms with Crippen LogP contribution < -0.4 is 5.73 Å². The van der Waals surface area contributed by atoms with Crippen molar-refractivity contribution in [2.75, 3.05) is 5.73 Å². The van der Waals surface area contributed by atoms with E-state index >= 15 is 0 Å². The van der Waals surface area contributed by atoms with Crippen molar-refractivity contribution >= 4 is 32.6 Å². The van der Waals surface area contributed by atoms with Gasteiger partial charge in [-0.1, -0.05) is 15.9 Å². The first kappa shape index (κ1) is 9.47. The minimum Gasteiger partial charge on any atom is -0.454 e. The molecule has 0 bridgehead atoms. The van der Waals surface area contributed by atoms with Gasteiger partial charge in [0.15, 0.2) is 5.76 Å². The minimum atomic E-state index is 0.582. The maximum absolute atomic E-state index is 5.76. The number of nitrogens with two attached hydrogens (primary N) is 1. The summed E-state index contributed by atoms with van der Waals surface area (Å²) in [4.78, 5) is 0. The number of hydrogen-bond acceptors (Lipinski definition) is 3. The van der Waals surface area contributed by atoms with Gasteiger partial charge >= 0.3 is 0 Å². The summed E-state index contributed by atoms with van der Waals surface area (Å²) in [6.45, 7) is 0. The van der Waals surface area contributed by atoms with Gasteiger partial charge in [0.05, 0.1) is 11.9 Å². The number of rotatable bonds is 1. The Morgan fingerprint density at radius 1 is 1.31 bits per heavy atom. The lowest BCUT2D eigenvalue weighted by atomic mass is 10.2. The fraction of sp³-hybridized carbons (Fsp3) is 0. The smallest absolute Gasteiger partial charge is 0.155 e. The molecule has 1 aromatic carbocycles. The van der Waals surface area contributed by atoms with Crippen LogP contribution in [0.25, 0.3) is 22.4 Å². The molecular formula is C11H8BrN3O. The Morgan fingerprint density at radius 2 is 2.19 bits per heavy atom. The number of nitrogens with one attached hydrogen (secondary N) is 1. The number of hydrogen-bond donors (Lipinski definition) is 2. The standard InChI is InChI=1S/C11H8BrN3O/c12-7-1-2-9-6(3-7)4-10(16-9)11-8(13)5-14-15-11/h1-5H,13H2,(H,14,15). The summed E-state index contributed by atoms with van der Waals surface area (Å²) in [6.07, 6.45) is 1.57. The van der Waals surface area contributed by atoms with E-state index in [9.17, 15) is 0 Å². The second kappa shape index (κ2) is 3.38. The number of benzene rings is 1. The Balaban J connectivity index is 2.23. The average molecular weight is 278 g/mol. The van der Waals surface area contributed by atoms with Gasteiger partial charge in [0, 0.05) is 9.86 Å². The van der Waals surface area contributed by atoms with Crippen molar-refractivity contribution in [3.8, 4) is 11.5 Å². The van der Waals surface area contributed by atoms with Gasteiger partial charge in [-0.15, -0.1) is 0 Å². The first-order valence-corrected chi connectivity index (χ1v) is 5.51. The van der Waals surface area contributed by atoms with Gasteiger partial charge < -0.3 is 10.2 Å². The number of nitrogen functional groups attached to an aromatic ring is 1. The third kappa shape index (κ3) is 1.40. The second-order valence-corrected chi connectivity index (χ2v) is 4.41. The number of aromatic amines is 1. The molecule has 0 radical (unpaired) electrons. The molecule has 0 spiro atoms. The fourth-order valence-electron chi connectivity index (χ4n) is 1.63. The topological polar surface area (TPSA) is 67.8 Å². The van der Waals surface area contributed by atoms with Crippen molar-refractivity contribution < 1.29 is 4.42 Å². The Bertz CT molecular complexity index is 656. The molecule has 5 heteroatoms. The number of aromatic nitrogens is 2. The molecule has 0 amide bonds. The van der Waals surface area contributed by atoms with Crippen molar-refractivity contribution in [2.24, 2.45) is 0 Å². The molecule has 0 aliphatic rings. The third-order valence-electron chi connectivity index (χ3n) is 2.39. The van der Waals surface area contributed by atoms with E-state index in [0.717, 1.165) is 15.4 Å². The number of H-pyrrole nitrogens is 1. The van der Waals surface area contributed by atoms with Gasteiger partial charge in [-0.2, -0.15) is 5.10 Å². The summed E-state index contributed by atoms with van der Waals surface area (Å²) in [6, 6.07) is 7.78. The van der Waals surface area contributed by atoms with Crippen LogP contribution in [0.15, 0.2) is 39.4 Å². The summed E-state index contributed by atoms with van der Waals surface area (Å²) in [5.74, 6) is 0.697. The highest BCUT2D eigenvalue weighted by Gasteiger charge is 2.10. The molecule has 2 aromatic heterocycles. The molecule has 3 aromatic rings. The molecule has 0 saturated carbocycles. The molecule has 0 fully saturated rings. The summed E-state index contributed by atoms with van der Waals surface area (Å²) in [5, 5.41) is 7.71. The number of anilines is 1. The van der Waals surface area contributed by atoms with Crippen LogP contribution in [0.2, 0.25) is 0 Å². The lowest BCUT2D eigenvalue weighted by molar-refractivity contribution is 0.628. The maximum atomic E-state index is 5.76. The number of nitrogens with zero attached hydrogens (tertiary/aromatic N) is 1. The number of halogens is 1. The van der Waals surface area contributed by atoms with E-state index in [1.165, 1.54) is 0 Å². The average Bonchev–Trinajstić information content (AvgIpc) is 2.82. The molecule has 16 heavy (non-hydrogen) atoms. The fourth-order valence-corrected chi connectivity index (χ4v) is 2.01. The van der Waals surface area contributed by atoms with Gasteiger partial charge in [0.2, 0.25) is 0 Å². The Kier molecular flexibility index (Phi) is 2.00. The van der Waals surface area contributed by atoms with Gasteiger partial charge in [0.1, 0.15) is 11.3 Å². The number of furan rings is 1. The van der Waals surface area contributed by atoms with Crippen LogP contribution in [-0.2, 0) is 0 Å².